The lowest BCUT2D eigenvalue weighted by molar-refractivity contribution is 0.0430. The third-order valence-electron chi connectivity index (χ3n) is 3.20. The molecule has 0 spiro atoms. The number of aromatic nitrogens is 2. The first-order valence-corrected chi connectivity index (χ1v) is 7.90. The van der Waals surface area contributed by atoms with Crippen molar-refractivity contribution in [3.8, 4) is 22.9 Å². The van der Waals surface area contributed by atoms with Crippen molar-refractivity contribution in [1.82, 2.24) is 10.1 Å². The average Bonchev–Trinajstić information content (AvgIpc) is 3.30. The number of hydrogen-bond acceptors (Lipinski definition) is 8. The SMILES string of the molecule is COc1ccc(-c2noc(COC(=O)c3ccsc3)n2)c(OC)c1. The van der Waals surface area contributed by atoms with Crippen LogP contribution in [0.5, 0.6) is 11.5 Å². The van der Waals surface area contributed by atoms with Crippen LogP contribution in [-0.2, 0) is 11.3 Å². The third-order valence-corrected chi connectivity index (χ3v) is 3.88. The highest BCUT2D eigenvalue weighted by molar-refractivity contribution is 7.08. The molecule has 0 N–H and O–H groups in total. The van der Waals surface area contributed by atoms with E-state index in [1.807, 2.05) is 0 Å². The minimum absolute atomic E-state index is 0.0971. The maximum absolute atomic E-state index is 11.8. The maximum atomic E-state index is 11.8. The highest BCUT2D eigenvalue weighted by Crippen LogP contribution is 2.31. The quantitative estimate of drug-likeness (QED) is 0.634. The van der Waals surface area contributed by atoms with Crippen LogP contribution in [0.2, 0.25) is 0 Å². The normalized spacial score (nSPS) is 10.4. The van der Waals surface area contributed by atoms with Crippen molar-refractivity contribution >= 4 is 17.3 Å². The average molecular weight is 346 g/mol. The standard InChI is InChI=1S/C16H14N2O5S/c1-20-11-3-4-12(13(7-11)21-2)15-17-14(23-18-15)8-22-16(19)10-5-6-24-9-10/h3-7,9H,8H2,1-2H3. The molecule has 0 atom stereocenters. The van der Waals surface area contributed by atoms with Gasteiger partial charge in [0.25, 0.3) is 5.89 Å². The second-order valence-corrected chi connectivity index (χ2v) is 5.45. The van der Waals surface area contributed by atoms with Crippen LogP contribution < -0.4 is 9.47 Å². The lowest BCUT2D eigenvalue weighted by atomic mass is 10.2. The molecule has 0 aliphatic heterocycles. The molecule has 0 saturated carbocycles. The van der Waals surface area contributed by atoms with E-state index in [4.69, 9.17) is 18.7 Å². The number of thiophene rings is 1. The van der Waals surface area contributed by atoms with Gasteiger partial charge in [-0.1, -0.05) is 5.16 Å². The lowest BCUT2D eigenvalue weighted by Gasteiger charge is -2.07. The van der Waals surface area contributed by atoms with Gasteiger partial charge in [-0.2, -0.15) is 16.3 Å². The van der Waals surface area contributed by atoms with Gasteiger partial charge in [0.15, 0.2) is 6.61 Å². The number of rotatable bonds is 6. The topological polar surface area (TPSA) is 83.7 Å². The Morgan fingerprint density at radius 1 is 1.25 bits per heavy atom. The molecule has 3 rings (SSSR count). The summed E-state index contributed by atoms with van der Waals surface area (Å²) in [5.74, 6) is 1.32. The molecule has 124 valence electrons. The fourth-order valence-corrected chi connectivity index (χ4v) is 2.62. The molecule has 2 heterocycles. The largest absolute Gasteiger partial charge is 0.497 e. The van der Waals surface area contributed by atoms with Crippen molar-refractivity contribution in [2.45, 2.75) is 6.61 Å². The molecule has 0 aliphatic rings. The zero-order chi connectivity index (χ0) is 16.9. The van der Waals surface area contributed by atoms with E-state index in [9.17, 15) is 4.79 Å². The summed E-state index contributed by atoms with van der Waals surface area (Å²) in [6, 6.07) is 6.95. The number of methoxy groups -OCH3 is 2. The van der Waals surface area contributed by atoms with Gasteiger partial charge >= 0.3 is 5.97 Å². The summed E-state index contributed by atoms with van der Waals surface area (Å²) in [6.07, 6.45) is 0. The molecular weight excluding hydrogens is 332 g/mol. The lowest BCUT2D eigenvalue weighted by Crippen LogP contribution is -2.04. The van der Waals surface area contributed by atoms with Crippen LogP contribution in [0.4, 0.5) is 0 Å². The van der Waals surface area contributed by atoms with Crippen molar-refractivity contribution in [2.24, 2.45) is 0 Å². The van der Waals surface area contributed by atoms with E-state index in [2.05, 4.69) is 10.1 Å². The predicted molar refractivity (Wildman–Crippen MR) is 86.3 cm³/mol. The predicted octanol–water partition coefficient (Wildman–Crippen LogP) is 3.17. The van der Waals surface area contributed by atoms with Gasteiger partial charge in [0, 0.05) is 11.4 Å². The van der Waals surface area contributed by atoms with Gasteiger partial charge in [0.2, 0.25) is 5.82 Å². The monoisotopic (exact) mass is 346 g/mol. The first-order valence-electron chi connectivity index (χ1n) is 6.95. The van der Waals surface area contributed by atoms with Crippen LogP contribution >= 0.6 is 11.3 Å². The molecule has 8 heteroatoms. The molecule has 0 fully saturated rings. The number of hydrogen-bond donors (Lipinski definition) is 0. The van der Waals surface area contributed by atoms with Crippen molar-refractivity contribution in [2.75, 3.05) is 14.2 Å². The molecule has 0 aliphatic carbocycles. The molecule has 2 aromatic heterocycles. The van der Waals surface area contributed by atoms with E-state index in [1.165, 1.54) is 11.3 Å². The number of benzene rings is 1. The van der Waals surface area contributed by atoms with Crippen LogP contribution in [0.1, 0.15) is 16.2 Å². The Labute approximate surface area is 141 Å². The van der Waals surface area contributed by atoms with Gasteiger partial charge in [-0.15, -0.1) is 0 Å². The molecule has 0 amide bonds. The van der Waals surface area contributed by atoms with Crippen LogP contribution in [0, 0.1) is 0 Å². The van der Waals surface area contributed by atoms with Gasteiger partial charge in [-0.05, 0) is 23.6 Å². The summed E-state index contributed by atoms with van der Waals surface area (Å²) in [4.78, 5) is 16.0. The summed E-state index contributed by atoms with van der Waals surface area (Å²) in [5, 5.41) is 7.41. The fraction of sp³-hybridized carbons (Fsp3) is 0.188. The number of carbonyl (C=O) groups excluding carboxylic acids is 1. The van der Waals surface area contributed by atoms with Crippen LogP contribution in [-0.4, -0.2) is 30.3 Å². The second kappa shape index (κ2) is 7.14. The molecule has 0 bridgehead atoms. The number of esters is 1. The molecule has 7 nitrogen and oxygen atoms in total. The highest BCUT2D eigenvalue weighted by atomic mass is 32.1. The maximum Gasteiger partial charge on any atom is 0.339 e. The van der Waals surface area contributed by atoms with E-state index in [0.717, 1.165) is 0 Å². The van der Waals surface area contributed by atoms with Crippen LogP contribution in [0.3, 0.4) is 0 Å². The van der Waals surface area contributed by atoms with Crippen molar-refractivity contribution in [1.29, 1.82) is 0 Å². The van der Waals surface area contributed by atoms with Gasteiger partial charge in [0.1, 0.15) is 11.5 Å². The zero-order valence-corrected chi connectivity index (χ0v) is 13.8. The van der Waals surface area contributed by atoms with E-state index in [1.54, 1.807) is 49.2 Å². The molecule has 1 aromatic carbocycles. The van der Waals surface area contributed by atoms with Crippen LogP contribution in [0.25, 0.3) is 11.4 Å². The van der Waals surface area contributed by atoms with Crippen molar-refractivity contribution in [3.63, 3.8) is 0 Å². The summed E-state index contributed by atoms with van der Waals surface area (Å²) in [6.45, 7) is -0.0971. The zero-order valence-electron chi connectivity index (χ0n) is 13.0. The number of nitrogens with zero attached hydrogens (tertiary/aromatic N) is 2. The summed E-state index contributed by atoms with van der Waals surface area (Å²) in [5.41, 5.74) is 1.15. The Bertz CT molecular complexity index is 829. The van der Waals surface area contributed by atoms with Crippen molar-refractivity contribution in [3.05, 3.63) is 46.5 Å². The molecule has 0 saturated heterocycles. The highest BCUT2D eigenvalue weighted by Gasteiger charge is 2.16. The van der Waals surface area contributed by atoms with Gasteiger partial charge < -0.3 is 18.7 Å². The van der Waals surface area contributed by atoms with E-state index < -0.39 is 5.97 Å². The van der Waals surface area contributed by atoms with Crippen LogP contribution in [0.15, 0.2) is 39.5 Å². The molecule has 24 heavy (non-hydrogen) atoms. The number of ether oxygens (including phenoxy) is 3. The minimum atomic E-state index is -0.432. The van der Waals surface area contributed by atoms with E-state index >= 15 is 0 Å². The Hall–Kier alpha value is -2.87. The summed E-state index contributed by atoms with van der Waals surface area (Å²) < 4.78 is 20.7. The third kappa shape index (κ3) is 3.38. The Morgan fingerprint density at radius 3 is 2.83 bits per heavy atom. The van der Waals surface area contributed by atoms with E-state index in [-0.39, 0.29) is 12.5 Å². The summed E-state index contributed by atoms with van der Waals surface area (Å²) >= 11 is 1.42. The Balaban J connectivity index is 1.72. The molecule has 3 aromatic rings. The summed E-state index contributed by atoms with van der Waals surface area (Å²) in [7, 11) is 3.12. The Kier molecular flexibility index (Phi) is 4.76. The smallest absolute Gasteiger partial charge is 0.339 e. The fourth-order valence-electron chi connectivity index (χ4n) is 2.00. The first kappa shape index (κ1) is 16.0. The number of carbonyl (C=O) groups is 1. The molecular formula is C16H14N2O5S. The minimum Gasteiger partial charge on any atom is -0.497 e. The van der Waals surface area contributed by atoms with Crippen molar-refractivity contribution < 1.29 is 23.5 Å². The second-order valence-electron chi connectivity index (χ2n) is 4.67. The van der Waals surface area contributed by atoms with Gasteiger partial charge in [-0.3, -0.25) is 0 Å². The first-order chi connectivity index (χ1) is 11.7. The van der Waals surface area contributed by atoms with Gasteiger partial charge in [0.05, 0.1) is 25.3 Å². The molecule has 0 unspecified atom stereocenters. The van der Waals surface area contributed by atoms with Gasteiger partial charge in [-0.25, -0.2) is 4.79 Å². The van der Waals surface area contributed by atoms with E-state index in [0.29, 0.717) is 28.5 Å². The molecule has 0 radical (unpaired) electrons. The Morgan fingerprint density at radius 2 is 2.12 bits per heavy atom.